The minimum absolute atomic E-state index is 0.166. The van der Waals surface area contributed by atoms with Crippen molar-refractivity contribution >= 4 is 5.97 Å². The van der Waals surface area contributed by atoms with Gasteiger partial charge in [-0.25, -0.2) is 0 Å². The number of esters is 1. The van der Waals surface area contributed by atoms with Crippen molar-refractivity contribution in [1.82, 2.24) is 0 Å². The number of carbonyl (C=O) groups is 1. The molecule has 0 saturated carbocycles. The van der Waals surface area contributed by atoms with E-state index < -0.39 is 0 Å². The molecular weight excluding hydrogens is 184 g/mol. The summed E-state index contributed by atoms with van der Waals surface area (Å²) in [4.78, 5) is 10.7. The summed E-state index contributed by atoms with van der Waals surface area (Å²) >= 11 is 0. The monoisotopic (exact) mass is 200 g/mol. The normalized spacial score (nSPS) is 31.5. The quantitative estimate of drug-likeness (QED) is 0.508. The first kappa shape index (κ1) is 11.2. The van der Waals surface area contributed by atoms with E-state index in [-0.39, 0.29) is 24.5 Å². The lowest BCUT2D eigenvalue weighted by atomic mass is 10.1. The Morgan fingerprint density at radius 2 is 2.21 bits per heavy atom. The number of carbonyl (C=O) groups excluding carboxylic acids is 1. The third-order valence-electron chi connectivity index (χ3n) is 1.90. The lowest BCUT2D eigenvalue weighted by Crippen LogP contribution is -2.36. The first-order valence-electron chi connectivity index (χ1n) is 4.76. The van der Waals surface area contributed by atoms with Crippen LogP contribution in [0.25, 0.3) is 0 Å². The van der Waals surface area contributed by atoms with Crippen LogP contribution in [0.5, 0.6) is 0 Å². The fraction of sp³-hybridized carbons (Fsp3) is 0.700. The molecule has 0 fully saturated rings. The van der Waals surface area contributed by atoms with Crippen LogP contribution >= 0.6 is 0 Å². The van der Waals surface area contributed by atoms with E-state index >= 15 is 0 Å². The lowest BCUT2D eigenvalue weighted by molar-refractivity contribution is -0.179. The molecule has 0 unspecified atom stereocenters. The molecule has 0 radical (unpaired) electrons. The Morgan fingerprint density at radius 3 is 2.71 bits per heavy atom. The van der Waals surface area contributed by atoms with Gasteiger partial charge in [-0.2, -0.15) is 0 Å². The van der Waals surface area contributed by atoms with Gasteiger partial charge in [-0.3, -0.25) is 4.79 Å². The fourth-order valence-electron chi connectivity index (χ4n) is 1.28. The van der Waals surface area contributed by atoms with Gasteiger partial charge in [0.05, 0.1) is 6.10 Å². The molecule has 0 aromatic carbocycles. The second kappa shape index (κ2) is 5.12. The van der Waals surface area contributed by atoms with E-state index in [0.29, 0.717) is 6.61 Å². The second-order valence-electron chi connectivity index (χ2n) is 3.12. The maximum Gasteiger partial charge on any atom is 0.303 e. The topological polar surface area (TPSA) is 44.8 Å². The maximum absolute atomic E-state index is 10.7. The zero-order valence-corrected chi connectivity index (χ0v) is 8.73. The van der Waals surface area contributed by atoms with E-state index in [0.717, 1.165) is 0 Å². The molecule has 0 aromatic heterocycles. The molecular formula is C10H16O4. The van der Waals surface area contributed by atoms with Gasteiger partial charge < -0.3 is 14.2 Å². The molecule has 1 aliphatic rings. The number of hydrogen-bond acceptors (Lipinski definition) is 4. The van der Waals surface area contributed by atoms with Crippen LogP contribution in [0.15, 0.2) is 12.2 Å². The Kier molecular flexibility index (Phi) is 4.10. The molecule has 0 amide bonds. The van der Waals surface area contributed by atoms with Crippen LogP contribution in [0.3, 0.4) is 0 Å². The first-order chi connectivity index (χ1) is 6.63. The van der Waals surface area contributed by atoms with Crippen LogP contribution in [0.2, 0.25) is 0 Å². The van der Waals surface area contributed by atoms with E-state index in [9.17, 15) is 4.79 Å². The zero-order valence-electron chi connectivity index (χ0n) is 8.73. The van der Waals surface area contributed by atoms with Crippen LogP contribution in [-0.4, -0.2) is 31.1 Å². The van der Waals surface area contributed by atoms with Gasteiger partial charge in [-0.1, -0.05) is 0 Å². The smallest absolute Gasteiger partial charge is 0.303 e. The minimum atomic E-state index is -0.318. The van der Waals surface area contributed by atoms with Gasteiger partial charge in [0, 0.05) is 13.5 Å². The molecule has 80 valence electrons. The lowest BCUT2D eigenvalue weighted by Gasteiger charge is -2.28. The molecule has 0 aliphatic carbocycles. The van der Waals surface area contributed by atoms with Crippen molar-refractivity contribution in [3.8, 4) is 0 Å². The summed E-state index contributed by atoms with van der Waals surface area (Å²) in [6, 6.07) is 0. The molecule has 14 heavy (non-hydrogen) atoms. The Balaban J connectivity index is 2.49. The van der Waals surface area contributed by atoms with Crippen molar-refractivity contribution in [3.63, 3.8) is 0 Å². The van der Waals surface area contributed by atoms with Crippen LogP contribution in [0.1, 0.15) is 20.8 Å². The predicted molar refractivity (Wildman–Crippen MR) is 50.7 cm³/mol. The average molecular weight is 200 g/mol. The summed E-state index contributed by atoms with van der Waals surface area (Å²) in [5, 5.41) is 0. The molecule has 4 nitrogen and oxygen atoms in total. The van der Waals surface area contributed by atoms with Crippen molar-refractivity contribution in [2.24, 2.45) is 0 Å². The molecule has 0 spiro atoms. The van der Waals surface area contributed by atoms with Crippen molar-refractivity contribution in [2.75, 3.05) is 6.61 Å². The molecule has 0 saturated heterocycles. The molecule has 1 heterocycles. The van der Waals surface area contributed by atoms with E-state index in [1.54, 1.807) is 12.2 Å². The summed E-state index contributed by atoms with van der Waals surface area (Å²) in [6.07, 6.45) is 2.78. The van der Waals surface area contributed by atoms with E-state index in [4.69, 9.17) is 14.2 Å². The molecule has 1 rings (SSSR count). The Labute approximate surface area is 83.8 Å². The van der Waals surface area contributed by atoms with Crippen molar-refractivity contribution in [2.45, 2.75) is 39.3 Å². The summed E-state index contributed by atoms with van der Waals surface area (Å²) in [6.45, 7) is 5.73. The molecule has 0 bridgehead atoms. The Bertz CT molecular complexity index is 224. The van der Waals surface area contributed by atoms with Gasteiger partial charge in [0.25, 0.3) is 0 Å². The summed E-state index contributed by atoms with van der Waals surface area (Å²) < 4.78 is 15.7. The van der Waals surface area contributed by atoms with Gasteiger partial charge in [0.1, 0.15) is 6.10 Å². The van der Waals surface area contributed by atoms with Gasteiger partial charge in [0.15, 0.2) is 6.29 Å². The molecule has 4 heteroatoms. The molecule has 1 aliphatic heterocycles. The van der Waals surface area contributed by atoms with Crippen LogP contribution in [-0.2, 0) is 19.0 Å². The Hall–Kier alpha value is -0.870. The van der Waals surface area contributed by atoms with Gasteiger partial charge in [-0.15, -0.1) is 0 Å². The number of rotatable bonds is 3. The highest BCUT2D eigenvalue weighted by Gasteiger charge is 2.25. The summed E-state index contributed by atoms with van der Waals surface area (Å²) in [5.74, 6) is -0.301. The number of hydrogen-bond donors (Lipinski definition) is 0. The predicted octanol–water partition coefficient (Wildman–Crippen LogP) is 1.26. The maximum atomic E-state index is 10.7. The third-order valence-corrected chi connectivity index (χ3v) is 1.90. The standard InChI is InChI=1S/C10H16O4/c1-4-12-10-6-5-9(7(2)13-10)14-8(3)11/h5-7,9-10H,4H2,1-3H3/t7-,9+,10-/m0/s1. The van der Waals surface area contributed by atoms with Gasteiger partial charge >= 0.3 is 5.97 Å². The molecule has 0 aromatic rings. The van der Waals surface area contributed by atoms with Gasteiger partial charge in [0.2, 0.25) is 0 Å². The highest BCUT2D eigenvalue weighted by molar-refractivity contribution is 5.66. The van der Waals surface area contributed by atoms with Crippen LogP contribution in [0.4, 0.5) is 0 Å². The van der Waals surface area contributed by atoms with Crippen molar-refractivity contribution < 1.29 is 19.0 Å². The first-order valence-corrected chi connectivity index (χ1v) is 4.76. The minimum Gasteiger partial charge on any atom is -0.456 e. The van der Waals surface area contributed by atoms with Crippen molar-refractivity contribution in [1.29, 1.82) is 0 Å². The van der Waals surface area contributed by atoms with E-state index in [1.807, 2.05) is 13.8 Å². The van der Waals surface area contributed by atoms with Crippen LogP contribution in [0, 0.1) is 0 Å². The largest absolute Gasteiger partial charge is 0.456 e. The summed E-state index contributed by atoms with van der Waals surface area (Å²) in [5.41, 5.74) is 0. The van der Waals surface area contributed by atoms with Crippen LogP contribution < -0.4 is 0 Å². The highest BCUT2D eigenvalue weighted by Crippen LogP contribution is 2.16. The Morgan fingerprint density at radius 1 is 1.50 bits per heavy atom. The second-order valence-corrected chi connectivity index (χ2v) is 3.12. The zero-order chi connectivity index (χ0) is 10.6. The van der Waals surface area contributed by atoms with Crippen molar-refractivity contribution in [3.05, 3.63) is 12.2 Å². The van der Waals surface area contributed by atoms with E-state index in [2.05, 4.69) is 0 Å². The SMILES string of the molecule is CCO[C@@H]1C=C[C@@H](OC(C)=O)[C@H](C)O1. The molecule has 0 N–H and O–H groups in total. The third kappa shape index (κ3) is 3.12. The van der Waals surface area contributed by atoms with E-state index in [1.165, 1.54) is 6.92 Å². The van der Waals surface area contributed by atoms with Gasteiger partial charge in [-0.05, 0) is 26.0 Å². The average Bonchev–Trinajstić information content (AvgIpc) is 2.10. The molecule has 3 atom stereocenters. The fourth-order valence-corrected chi connectivity index (χ4v) is 1.28. The highest BCUT2D eigenvalue weighted by atomic mass is 16.7. The summed E-state index contributed by atoms with van der Waals surface area (Å²) in [7, 11) is 0. The number of ether oxygens (including phenoxy) is 3.